The van der Waals surface area contributed by atoms with Crippen LogP contribution in [0.1, 0.15) is 56.3 Å². The first-order valence-corrected chi connectivity index (χ1v) is 8.74. The van der Waals surface area contributed by atoms with Crippen LogP contribution in [0.4, 0.5) is 0 Å². The predicted octanol–water partition coefficient (Wildman–Crippen LogP) is 2.10. The molecule has 2 fully saturated rings. The summed E-state index contributed by atoms with van der Waals surface area (Å²) in [6.07, 6.45) is 3.83. The predicted molar refractivity (Wildman–Crippen MR) is 91.6 cm³/mol. The van der Waals surface area contributed by atoms with Crippen LogP contribution in [0.25, 0.3) is 0 Å². The van der Waals surface area contributed by atoms with Crippen LogP contribution in [0, 0.1) is 11.8 Å². The van der Waals surface area contributed by atoms with Crippen molar-refractivity contribution in [2.24, 2.45) is 0 Å². The van der Waals surface area contributed by atoms with Gasteiger partial charge in [0.2, 0.25) is 0 Å². The molecule has 5 heteroatoms. The molecule has 1 amide bonds. The molecule has 1 N–H and O–H groups in total. The quantitative estimate of drug-likeness (QED) is 0.844. The van der Waals surface area contributed by atoms with E-state index < -0.39 is 5.60 Å². The number of amides is 1. The van der Waals surface area contributed by atoms with Crippen LogP contribution in [0.2, 0.25) is 0 Å². The first-order valence-electron chi connectivity index (χ1n) is 8.74. The van der Waals surface area contributed by atoms with Gasteiger partial charge in [0.25, 0.3) is 5.91 Å². The van der Waals surface area contributed by atoms with Crippen LogP contribution in [0.3, 0.4) is 0 Å². The highest BCUT2D eigenvalue weighted by atomic mass is 16.4. The van der Waals surface area contributed by atoms with E-state index in [4.69, 9.17) is 4.42 Å². The van der Waals surface area contributed by atoms with E-state index in [0.29, 0.717) is 23.6 Å². The van der Waals surface area contributed by atoms with Gasteiger partial charge in [-0.05, 0) is 58.2 Å². The number of nitrogens with zero attached hydrogens (tertiary/aromatic N) is 2. The lowest BCUT2D eigenvalue weighted by atomic mass is 9.97. The van der Waals surface area contributed by atoms with Gasteiger partial charge in [0, 0.05) is 25.2 Å². The normalized spacial score (nSPS) is 22.7. The lowest BCUT2D eigenvalue weighted by molar-refractivity contribution is 0.000511. The molecule has 1 unspecified atom stereocenters. The molecule has 0 radical (unpaired) electrons. The molecule has 3 rings (SSSR count). The highest BCUT2D eigenvalue weighted by Crippen LogP contribution is 2.25. The number of hydrogen-bond acceptors (Lipinski definition) is 4. The lowest BCUT2D eigenvalue weighted by Gasteiger charge is -2.48. The second-order valence-corrected chi connectivity index (χ2v) is 7.42. The van der Waals surface area contributed by atoms with Crippen molar-refractivity contribution >= 4 is 5.91 Å². The Hall–Kier alpha value is -1.77. The topological polar surface area (TPSA) is 56.9 Å². The Morgan fingerprint density at radius 1 is 1.33 bits per heavy atom. The summed E-state index contributed by atoms with van der Waals surface area (Å²) in [6.45, 7) is 8.19. The van der Waals surface area contributed by atoms with E-state index in [2.05, 4.69) is 23.7 Å². The molecular weight excluding hydrogens is 304 g/mol. The summed E-state index contributed by atoms with van der Waals surface area (Å²) in [4.78, 5) is 16.8. The molecule has 1 atom stereocenters. The standard InChI is InChI=1S/C19H26N2O3/c1-14-6-4-5-11-21(14)15-12-20(13-15)18(22)17-8-7-16(24-17)9-10-19(2,3)23/h7-8,14-15,23H,4-6,11-13H2,1-3H3. The van der Waals surface area contributed by atoms with Crippen molar-refractivity contribution in [2.45, 2.75) is 57.7 Å². The number of likely N-dealkylation sites (tertiary alicyclic amines) is 2. The molecule has 0 aromatic carbocycles. The number of hydrogen-bond donors (Lipinski definition) is 1. The second-order valence-electron chi connectivity index (χ2n) is 7.42. The number of furan rings is 1. The van der Waals surface area contributed by atoms with Crippen LogP contribution < -0.4 is 0 Å². The number of rotatable bonds is 2. The first-order chi connectivity index (χ1) is 11.3. The second kappa shape index (κ2) is 6.62. The molecular formula is C19H26N2O3. The van der Waals surface area contributed by atoms with Gasteiger partial charge in [-0.25, -0.2) is 0 Å². The molecule has 1 aromatic heterocycles. The smallest absolute Gasteiger partial charge is 0.289 e. The average molecular weight is 330 g/mol. The maximum absolute atomic E-state index is 12.5. The fourth-order valence-corrected chi connectivity index (χ4v) is 3.38. The third-order valence-corrected chi connectivity index (χ3v) is 4.78. The molecule has 5 nitrogen and oxygen atoms in total. The van der Waals surface area contributed by atoms with Crippen molar-refractivity contribution in [3.8, 4) is 11.8 Å². The van der Waals surface area contributed by atoms with Crippen molar-refractivity contribution in [1.29, 1.82) is 0 Å². The largest absolute Gasteiger partial charge is 0.443 e. The zero-order valence-corrected chi connectivity index (χ0v) is 14.7. The zero-order chi connectivity index (χ0) is 17.3. The van der Waals surface area contributed by atoms with E-state index >= 15 is 0 Å². The summed E-state index contributed by atoms with van der Waals surface area (Å²) in [6, 6.07) is 4.44. The van der Waals surface area contributed by atoms with Crippen molar-refractivity contribution in [3.63, 3.8) is 0 Å². The van der Waals surface area contributed by atoms with Crippen molar-refractivity contribution in [3.05, 3.63) is 23.7 Å². The highest BCUT2D eigenvalue weighted by molar-refractivity contribution is 5.92. The summed E-state index contributed by atoms with van der Waals surface area (Å²) in [5, 5.41) is 9.61. The summed E-state index contributed by atoms with van der Waals surface area (Å²) in [5.74, 6) is 6.09. The Morgan fingerprint density at radius 3 is 2.75 bits per heavy atom. The number of aliphatic hydroxyl groups is 1. The lowest BCUT2D eigenvalue weighted by Crippen LogP contribution is -2.63. The van der Waals surface area contributed by atoms with Gasteiger partial charge in [-0.1, -0.05) is 12.3 Å². The Morgan fingerprint density at radius 2 is 2.08 bits per heavy atom. The minimum Gasteiger partial charge on any atom is -0.443 e. The summed E-state index contributed by atoms with van der Waals surface area (Å²) >= 11 is 0. The number of carbonyl (C=O) groups excluding carboxylic acids is 1. The van der Waals surface area contributed by atoms with E-state index in [-0.39, 0.29) is 5.91 Å². The summed E-state index contributed by atoms with van der Waals surface area (Å²) < 4.78 is 5.51. The van der Waals surface area contributed by atoms with Gasteiger partial charge in [-0.3, -0.25) is 9.69 Å². The highest BCUT2D eigenvalue weighted by Gasteiger charge is 2.38. The van der Waals surface area contributed by atoms with E-state index in [1.165, 1.54) is 19.3 Å². The molecule has 24 heavy (non-hydrogen) atoms. The van der Waals surface area contributed by atoms with Crippen LogP contribution in [0.5, 0.6) is 0 Å². The number of carbonyl (C=O) groups is 1. The fraction of sp³-hybridized carbons (Fsp3) is 0.632. The molecule has 0 saturated carbocycles. The van der Waals surface area contributed by atoms with E-state index in [1.54, 1.807) is 26.0 Å². The molecule has 2 saturated heterocycles. The first kappa shape index (κ1) is 17.1. The Labute approximate surface area is 143 Å². The number of piperidine rings is 1. The van der Waals surface area contributed by atoms with Gasteiger partial charge in [0.1, 0.15) is 5.60 Å². The van der Waals surface area contributed by atoms with Gasteiger partial charge in [0.15, 0.2) is 11.5 Å². The molecule has 2 aliphatic rings. The maximum Gasteiger partial charge on any atom is 0.289 e. The van der Waals surface area contributed by atoms with Crippen LogP contribution in [-0.4, -0.2) is 58.1 Å². The van der Waals surface area contributed by atoms with Gasteiger partial charge >= 0.3 is 0 Å². The zero-order valence-electron chi connectivity index (χ0n) is 14.7. The van der Waals surface area contributed by atoms with Crippen molar-refractivity contribution < 1.29 is 14.3 Å². The Bertz CT molecular complexity index is 656. The SMILES string of the molecule is CC1CCCCN1C1CN(C(=O)c2ccc(C#CC(C)(C)O)o2)C1. The summed E-state index contributed by atoms with van der Waals surface area (Å²) in [5.41, 5.74) is -1.08. The minimum absolute atomic E-state index is 0.0766. The fourth-order valence-electron chi connectivity index (χ4n) is 3.38. The molecule has 0 aliphatic carbocycles. The molecule has 0 spiro atoms. The molecule has 1 aromatic rings. The third-order valence-electron chi connectivity index (χ3n) is 4.78. The average Bonchev–Trinajstić information content (AvgIpc) is 2.94. The van der Waals surface area contributed by atoms with Crippen molar-refractivity contribution in [2.75, 3.05) is 19.6 Å². The summed E-state index contributed by atoms with van der Waals surface area (Å²) in [7, 11) is 0. The Balaban J connectivity index is 1.57. The van der Waals surface area contributed by atoms with Gasteiger partial charge in [-0.2, -0.15) is 0 Å². The van der Waals surface area contributed by atoms with Crippen molar-refractivity contribution in [1.82, 2.24) is 9.80 Å². The monoisotopic (exact) mass is 330 g/mol. The molecule has 3 heterocycles. The molecule has 0 bridgehead atoms. The van der Waals surface area contributed by atoms with Crippen LogP contribution >= 0.6 is 0 Å². The van der Waals surface area contributed by atoms with Crippen LogP contribution in [0.15, 0.2) is 16.5 Å². The maximum atomic E-state index is 12.5. The third kappa shape index (κ3) is 3.82. The van der Waals surface area contributed by atoms with Crippen LogP contribution in [-0.2, 0) is 0 Å². The van der Waals surface area contributed by atoms with Gasteiger partial charge in [0.05, 0.1) is 0 Å². The molecule has 130 valence electrons. The van der Waals surface area contributed by atoms with Gasteiger partial charge in [-0.15, -0.1) is 0 Å². The van der Waals surface area contributed by atoms with Gasteiger partial charge < -0.3 is 14.4 Å². The van der Waals surface area contributed by atoms with E-state index in [0.717, 1.165) is 19.6 Å². The minimum atomic E-state index is -1.08. The Kier molecular flexibility index (Phi) is 4.71. The van der Waals surface area contributed by atoms with E-state index in [1.807, 2.05) is 4.90 Å². The van der Waals surface area contributed by atoms with E-state index in [9.17, 15) is 9.90 Å². The molecule has 2 aliphatic heterocycles.